The van der Waals surface area contributed by atoms with E-state index in [1.807, 2.05) is 6.92 Å². The van der Waals surface area contributed by atoms with Gasteiger partial charge in [-0.3, -0.25) is 9.89 Å². The number of nitrogens with two attached hydrogens (primary N) is 1. The minimum atomic E-state index is -0.361. The number of benzene rings is 1. The topological polar surface area (TPSA) is 102 Å². The van der Waals surface area contributed by atoms with Gasteiger partial charge in [0.25, 0.3) is 5.91 Å². The molecule has 21 heavy (non-hydrogen) atoms. The van der Waals surface area contributed by atoms with Crippen LogP contribution < -0.4 is 20.5 Å². The number of aryl methyl sites for hydroxylation is 1. The molecule has 7 nitrogen and oxygen atoms in total. The maximum Gasteiger partial charge on any atom is 0.278 e. The highest BCUT2D eigenvalue weighted by Gasteiger charge is 2.18. The van der Waals surface area contributed by atoms with Gasteiger partial charge in [0.2, 0.25) is 0 Å². The number of amides is 1. The summed E-state index contributed by atoms with van der Waals surface area (Å²) in [6, 6.07) is 5.22. The van der Waals surface area contributed by atoms with Gasteiger partial charge in [-0.05, 0) is 18.6 Å². The monoisotopic (exact) mass is 288 g/mol. The van der Waals surface area contributed by atoms with Gasteiger partial charge in [-0.1, -0.05) is 6.92 Å². The zero-order chi connectivity index (χ0) is 14.8. The number of aromatic nitrogens is 2. The fourth-order valence-electron chi connectivity index (χ4n) is 2.14. The summed E-state index contributed by atoms with van der Waals surface area (Å²) in [7, 11) is 0. The van der Waals surface area contributed by atoms with E-state index in [0.29, 0.717) is 42.5 Å². The van der Waals surface area contributed by atoms with Crippen molar-refractivity contribution in [3.63, 3.8) is 0 Å². The van der Waals surface area contributed by atoms with Crippen LogP contribution in [0, 0.1) is 0 Å². The molecule has 0 fully saturated rings. The molecule has 0 bridgehead atoms. The molecule has 1 aromatic heterocycles. The van der Waals surface area contributed by atoms with E-state index in [-0.39, 0.29) is 11.6 Å². The molecule has 1 aliphatic heterocycles. The van der Waals surface area contributed by atoms with Crippen LogP contribution in [-0.2, 0) is 6.42 Å². The molecule has 1 aromatic carbocycles. The second-order valence-corrected chi connectivity index (χ2v) is 4.63. The number of H-pyrrole nitrogens is 1. The Labute approximate surface area is 121 Å². The molecular weight excluding hydrogens is 272 g/mol. The molecule has 2 heterocycles. The number of carbonyl (C=O) groups excluding carboxylic acids is 1. The van der Waals surface area contributed by atoms with Gasteiger partial charge in [-0.25, -0.2) is 0 Å². The first-order valence-electron chi connectivity index (χ1n) is 6.72. The largest absolute Gasteiger partial charge is 0.486 e. The van der Waals surface area contributed by atoms with Crippen LogP contribution in [0.1, 0.15) is 23.1 Å². The highest BCUT2D eigenvalue weighted by Crippen LogP contribution is 2.32. The summed E-state index contributed by atoms with van der Waals surface area (Å²) in [4.78, 5) is 12.2. The number of aromatic amines is 1. The molecule has 3 rings (SSSR count). The molecule has 110 valence electrons. The standard InChI is InChI=1S/C14H16N4O3/c1-2-9-12(15)13(18-17-9)14(19)16-8-3-4-10-11(7-8)21-6-5-20-10/h3-4,7H,2,5-6,15H2,1H3,(H,16,19)(H,17,18). The number of fused-ring (bicyclic) bond motifs is 1. The Morgan fingerprint density at radius 1 is 1.38 bits per heavy atom. The summed E-state index contributed by atoms with van der Waals surface area (Å²) < 4.78 is 10.9. The van der Waals surface area contributed by atoms with Crippen LogP contribution >= 0.6 is 0 Å². The molecule has 0 atom stereocenters. The van der Waals surface area contributed by atoms with Crippen molar-refractivity contribution in [1.29, 1.82) is 0 Å². The van der Waals surface area contributed by atoms with E-state index in [1.165, 1.54) is 0 Å². The van der Waals surface area contributed by atoms with E-state index in [2.05, 4.69) is 15.5 Å². The lowest BCUT2D eigenvalue weighted by Crippen LogP contribution is -2.17. The Morgan fingerprint density at radius 3 is 2.86 bits per heavy atom. The van der Waals surface area contributed by atoms with E-state index < -0.39 is 0 Å². The van der Waals surface area contributed by atoms with Crippen LogP contribution in [0.25, 0.3) is 0 Å². The van der Waals surface area contributed by atoms with Gasteiger partial charge in [0.05, 0.1) is 11.4 Å². The summed E-state index contributed by atoms with van der Waals surface area (Å²) in [6.45, 7) is 2.96. The van der Waals surface area contributed by atoms with E-state index in [4.69, 9.17) is 15.2 Å². The summed E-state index contributed by atoms with van der Waals surface area (Å²) in [5.74, 6) is 0.926. The Morgan fingerprint density at radius 2 is 2.14 bits per heavy atom. The smallest absolute Gasteiger partial charge is 0.278 e. The molecule has 7 heteroatoms. The first kappa shape index (κ1) is 13.3. The number of rotatable bonds is 3. The van der Waals surface area contributed by atoms with Crippen molar-refractivity contribution in [1.82, 2.24) is 10.2 Å². The Hall–Kier alpha value is -2.70. The first-order valence-corrected chi connectivity index (χ1v) is 6.72. The van der Waals surface area contributed by atoms with E-state index >= 15 is 0 Å². The van der Waals surface area contributed by atoms with E-state index in [0.717, 1.165) is 5.69 Å². The van der Waals surface area contributed by atoms with E-state index in [1.54, 1.807) is 18.2 Å². The predicted molar refractivity (Wildman–Crippen MR) is 77.8 cm³/mol. The minimum absolute atomic E-state index is 0.196. The zero-order valence-electron chi connectivity index (χ0n) is 11.6. The number of nitrogen functional groups attached to an aromatic ring is 1. The third-order valence-corrected chi connectivity index (χ3v) is 3.25. The quantitative estimate of drug-likeness (QED) is 0.795. The van der Waals surface area contributed by atoms with Crippen LogP contribution in [-0.4, -0.2) is 29.3 Å². The second kappa shape index (κ2) is 5.35. The lowest BCUT2D eigenvalue weighted by molar-refractivity contribution is 0.102. The van der Waals surface area contributed by atoms with Crippen molar-refractivity contribution >= 4 is 17.3 Å². The molecule has 2 aromatic rings. The molecule has 0 unspecified atom stereocenters. The van der Waals surface area contributed by atoms with Gasteiger partial charge in [-0.15, -0.1) is 0 Å². The van der Waals surface area contributed by atoms with Gasteiger partial charge < -0.3 is 20.5 Å². The number of ether oxygens (including phenoxy) is 2. The molecule has 1 amide bonds. The van der Waals surface area contributed by atoms with Gasteiger partial charge in [0.15, 0.2) is 17.2 Å². The first-order chi connectivity index (χ1) is 10.2. The number of hydrogen-bond donors (Lipinski definition) is 3. The summed E-state index contributed by atoms with van der Waals surface area (Å²) in [5.41, 5.74) is 7.81. The Bertz CT molecular complexity index is 681. The lowest BCUT2D eigenvalue weighted by Gasteiger charge is -2.18. The van der Waals surface area contributed by atoms with Crippen molar-refractivity contribution < 1.29 is 14.3 Å². The molecule has 0 aliphatic carbocycles. The average Bonchev–Trinajstić information content (AvgIpc) is 2.88. The molecule has 0 saturated heterocycles. The van der Waals surface area contributed by atoms with Crippen LogP contribution in [0.2, 0.25) is 0 Å². The zero-order valence-corrected chi connectivity index (χ0v) is 11.6. The Kier molecular flexibility index (Phi) is 3.39. The maximum absolute atomic E-state index is 12.2. The minimum Gasteiger partial charge on any atom is -0.486 e. The van der Waals surface area contributed by atoms with Crippen molar-refractivity contribution in [2.75, 3.05) is 24.3 Å². The predicted octanol–water partition coefficient (Wildman–Crippen LogP) is 1.58. The highest BCUT2D eigenvalue weighted by atomic mass is 16.6. The number of nitrogens with one attached hydrogen (secondary N) is 2. The summed E-state index contributed by atoms with van der Waals surface area (Å²) in [5, 5.41) is 9.46. The average molecular weight is 288 g/mol. The molecule has 0 spiro atoms. The SMILES string of the molecule is CCc1[nH]nc(C(=O)Nc2ccc3c(c2)OCCO3)c1N. The molecular formula is C14H16N4O3. The van der Waals surface area contributed by atoms with Gasteiger partial charge in [0, 0.05) is 11.8 Å². The van der Waals surface area contributed by atoms with Crippen molar-refractivity contribution in [3.05, 3.63) is 29.6 Å². The molecule has 0 radical (unpaired) electrons. The van der Waals surface area contributed by atoms with Crippen LogP contribution in [0.3, 0.4) is 0 Å². The van der Waals surface area contributed by atoms with Crippen LogP contribution in [0.15, 0.2) is 18.2 Å². The van der Waals surface area contributed by atoms with Crippen LogP contribution in [0.5, 0.6) is 11.5 Å². The van der Waals surface area contributed by atoms with Crippen molar-refractivity contribution in [3.8, 4) is 11.5 Å². The highest BCUT2D eigenvalue weighted by molar-refractivity contribution is 6.06. The van der Waals surface area contributed by atoms with E-state index in [9.17, 15) is 4.79 Å². The van der Waals surface area contributed by atoms with Gasteiger partial charge >= 0.3 is 0 Å². The van der Waals surface area contributed by atoms with Gasteiger partial charge in [0.1, 0.15) is 13.2 Å². The molecule has 4 N–H and O–H groups in total. The molecule has 1 aliphatic rings. The number of nitrogens with zero attached hydrogens (tertiary/aromatic N) is 1. The van der Waals surface area contributed by atoms with Crippen molar-refractivity contribution in [2.45, 2.75) is 13.3 Å². The van der Waals surface area contributed by atoms with Crippen LogP contribution in [0.4, 0.5) is 11.4 Å². The fourth-order valence-corrected chi connectivity index (χ4v) is 2.14. The third kappa shape index (κ3) is 2.49. The normalized spacial score (nSPS) is 13.0. The Balaban J connectivity index is 1.79. The number of hydrogen-bond acceptors (Lipinski definition) is 5. The second-order valence-electron chi connectivity index (χ2n) is 4.63. The fraction of sp³-hybridized carbons (Fsp3) is 0.286. The maximum atomic E-state index is 12.2. The lowest BCUT2D eigenvalue weighted by atomic mass is 10.2. The van der Waals surface area contributed by atoms with Gasteiger partial charge in [-0.2, -0.15) is 5.10 Å². The number of carbonyl (C=O) groups is 1. The number of anilines is 2. The summed E-state index contributed by atoms with van der Waals surface area (Å²) in [6.07, 6.45) is 0.691. The third-order valence-electron chi connectivity index (χ3n) is 3.25. The van der Waals surface area contributed by atoms with Crippen molar-refractivity contribution in [2.24, 2.45) is 0 Å². The summed E-state index contributed by atoms with van der Waals surface area (Å²) >= 11 is 0. The molecule has 0 saturated carbocycles.